The number of halogens is 4. The van der Waals surface area contributed by atoms with Crippen molar-refractivity contribution < 1.29 is 18.3 Å². The van der Waals surface area contributed by atoms with Gasteiger partial charge in [-0.15, -0.1) is 0 Å². The van der Waals surface area contributed by atoms with Crippen LogP contribution in [-0.2, 0) is 0 Å². The first kappa shape index (κ1) is 13.5. The summed E-state index contributed by atoms with van der Waals surface area (Å²) in [5.41, 5.74) is 0.273. The van der Waals surface area contributed by atoms with Crippen LogP contribution < -0.4 is 9.47 Å². The van der Waals surface area contributed by atoms with Crippen molar-refractivity contribution in [2.45, 2.75) is 11.3 Å². The summed E-state index contributed by atoms with van der Waals surface area (Å²) in [5, 5.41) is 0.208. The Labute approximate surface area is 106 Å². The molecule has 0 aliphatic heterocycles. The van der Waals surface area contributed by atoms with Crippen LogP contribution in [0.1, 0.15) is 10.4 Å². The van der Waals surface area contributed by atoms with Gasteiger partial charge in [0.25, 0.3) is 6.43 Å². The summed E-state index contributed by atoms with van der Waals surface area (Å²) < 4.78 is 35.1. The molecule has 1 unspecified atom stereocenters. The van der Waals surface area contributed by atoms with Crippen LogP contribution >= 0.6 is 27.5 Å². The van der Waals surface area contributed by atoms with E-state index in [-0.39, 0.29) is 10.6 Å². The molecule has 1 aromatic carbocycles. The van der Waals surface area contributed by atoms with E-state index in [4.69, 9.17) is 21.1 Å². The standard InChI is InChI=1S/C10H10BrClF2O2/c1-15-7-3-5(9(11)10(13)14)6(12)4-8(7)16-2/h3-4,9-10H,1-2H3. The van der Waals surface area contributed by atoms with Crippen molar-refractivity contribution in [3.05, 3.63) is 22.7 Å². The molecule has 16 heavy (non-hydrogen) atoms. The Balaban J connectivity index is 3.21. The predicted molar refractivity (Wildman–Crippen MR) is 62.2 cm³/mol. The number of rotatable bonds is 4. The smallest absolute Gasteiger partial charge is 0.255 e. The van der Waals surface area contributed by atoms with Gasteiger partial charge in [-0.3, -0.25) is 0 Å². The molecule has 0 bridgehead atoms. The monoisotopic (exact) mass is 314 g/mol. The lowest BCUT2D eigenvalue weighted by molar-refractivity contribution is 0.147. The third-order valence-corrected chi connectivity index (χ3v) is 3.24. The van der Waals surface area contributed by atoms with Crippen molar-refractivity contribution >= 4 is 27.5 Å². The molecule has 1 rings (SSSR count). The number of hydrogen-bond acceptors (Lipinski definition) is 2. The fourth-order valence-electron chi connectivity index (χ4n) is 1.22. The first-order chi connectivity index (χ1) is 7.51. The first-order valence-corrected chi connectivity index (χ1v) is 5.64. The molecule has 0 aromatic heterocycles. The van der Waals surface area contributed by atoms with E-state index < -0.39 is 11.3 Å². The quantitative estimate of drug-likeness (QED) is 0.780. The van der Waals surface area contributed by atoms with E-state index in [1.54, 1.807) is 0 Å². The molecule has 0 aliphatic carbocycles. The average molecular weight is 316 g/mol. The van der Waals surface area contributed by atoms with Gasteiger partial charge in [0.05, 0.1) is 14.2 Å². The number of benzene rings is 1. The molecule has 0 aliphatic rings. The second-order valence-electron chi connectivity index (χ2n) is 2.96. The van der Waals surface area contributed by atoms with E-state index in [0.717, 1.165) is 0 Å². The minimum absolute atomic E-state index is 0.208. The van der Waals surface area contributed by atoms with Crippen molar-refractivity contribution in [2.75, 3.05) is 14.2 Å². The fraction of sp³-hybridized carbons (Fsp3) is 0.400. The van der Waals surface area contributed by atoms with Crippen LogP contribution in [0.25, 0.3) is 0 Å². The van der Waals surface area contributed by atoms with E-state index in [0.29, 0.717) is 11.5 Å². The molecule has 0 fully saturated rings. The first-order valence-electron chi connectivity index (χ1n) is 4.35. The molecule has 2 nitrogen and oxygen atoms in total. The van der Waals surface area contributed by atoms with Crippen molar-refractivity contribution in [3.8, 4) is 11.5 Å². The zero-order chi connectivity index (χ0) is 12.3. The Morgan fingerprint density at radius 1 is 1.19 bits per heavy atom. The van der Waals surface area contributed by atoms with Gasteiger partial charge < -0.3 is 9.47 Å². The van der Waals surface area contributed by atoms with E-state index in [1.165, 1.54) is 26.4 Å². The lowest BCUT2D eigenvalue weighted by atomic mass is 10.1. The largest absolute Gasteiger partial charge is 0.493 e. The summed E-state index contributed by atoms with van der Waals surface area (Å²) >= 11 is 8.76. The summed E-state index contributed by atoms with van der Waals surface area (Å²) in [6, 6.07) is 2.89. The molecule has 0 radical (unpaired) electrons. The van der Waals surface area contributed by atoms with Gasteiger partial charge in [0.1, 0.15) is 4.83 Å². The minimum atomic E-state index is -2.55. The second kappa shape index (κ2) is 5.68. The fourth-order valence-corrected chi connectivity index (χ4v) is 2.00. The van der Waals surface area contributed by atoms with Crippen molar-refractivity contribution in [1.29, 1.82) is 0 Å². The number of alkyl halides is 3. The number of hydrogen-bond donors (Lipinski definition) is 0. The summed E-state index contributed by atoms with van der Waals surface area (Å²) in [5.74, 6) is 0.775. The second-order valence-corrected chi connectivity index (χ2v) is 4.36. The molecular weight excluding hydrogens is 305 g/mol. The van der Waals surface area contributed by atoms with E-state index in [1.807, 2.05) is 0 Å². The van der Waals surface area contributed by atoms with E-state index in [9.17, 15) is 8.78 Å². The molecule has 0 N–H and O–H groups in total. The highest BCUT2D eigenvalue weighted by atomic mass is 79.9. The van der Waals surface area contributed by atoms with Crippen LogP contribution in [0.15, 0.2) is 12.1 Å². The van der Waals surface area contributed by atoms with Gasteiger partial charge in [0.2, 0.25) is 0 Å². The van der Waals surface area contributed by atoms with Gasteiger partial charge in [0.15, 0.2) is 11.5 Å². The highest BCUT2D eigenvalue weighted by Gasteiger charge is 2.23. The van der Waals surface area contributed by atoms with Crippen LogP contribution in [0, 0.1) is 0 Å². The summed E-state index contributed by atoms with van der Waals surface area (Å²) in [6.45, 7) is 0. The van der Waals surface area contributed by atoms with Crippen LogP contribution in [-0.4, -0.2) is 20.6 Å². The van der Waals surface area contributed by atoms with Crippen LogP contribution in [0.4, 0.5) is 8.78 Å². The zero-order valence-electron chi connectivity index (χ0n) is 8.64. The van der Waals surface area contributed by atoms with E-state index >= 15 is 0 Å². The van der Waals surface area contributed by atoms with Gasteiger partial charge in [-0.2, -0.15) is 0 Å². The third kappa shape index (κ3) is 2.77. The van der Waals surface area contributed by atoms with Crippen LogP contribution in [0.2, 0.25) is 5.02 Å². The molecule has 0 saturated heterocycles. The number of ether oxygens (including phenoxy) is 2. The average Bonchev–Trinajstić information content (AvgIpc) is 2.27. The maximum absolute atomic E-state index is 12.5. The topological polar surface area (TPSA) is 18.5 Å². The number of methoxy groups -OCH3 is 2. The van der Waals surface area contributed by atoms with Gasteiger partial charge in [-0.1, -0.05) is 27.5 Å². The van der Waals surface area contributed by atoms with Gasteiger partial charge in [0, 0.05) is 11.1 Å². The molecule has 0 heterocycles. The predicted octanol–water partition coefficient (Wildman–Crippen LogP) is 4.06. The normalized spacial score (nSPS) is 12.7. The Bertz CT molecular complexity index is 374. The van der Waals surface area contributed by atoms with Crippen molar-refractivity contribution in [3.63, 3.8) is 0 Å². The maximum atomic E-state index is 12.5. The highest BCUT2D eigenvalue weighted by Crippen LogP contribution is 2.40. The molecule has 0 amide bonds. The molecular formula is C10H10BrClF2O2. The summed E-state index contributed by atoms with van der Waals surface area (Å²) in [7, 11) is 2.88. The van der Waals surface area contributed by atoms with E-state index in [2.05, 4.69) is 15.9 Å². The van der Waals surface area contributed by atoms with Crippen molar-refractivity contribution in [2.24, 2.45) is 0 Å². The lowest BCUT2D eigenvalue weighted by Gasteiger charge is -2.15. The highest BCUT2D eigenvalue weighted by molar-refractivity contribution is 9.09. The Hall–Kier alpha value is -0.550. The van der Waals surface area contributed by atoms with Gasteiger partial charge >= 0.3 is 0 Å². The molecule has 1 atom stereocenters. The SMILES string of the molecule is COc1cc(Cl)c(C(Br)C(F)F)cc1OC. The molecule has 0 saturated carbocycles. The Morgan fingerprint density at radius 2 is 1.69 bits per heavy atom. The Morgan fingerprint density at radius 3 is 2.12 bits per heavy atom. The summed E-state index contributed by atoms with van der Waals surface area (Å²) in [6.07, 6.45) is -2.55. The van der Waals surface area contributed by atoms with Crippen LogP contribution in [0.5, 0.6) is 11.5 Å². The lowest BCUT2D eigenvalue weighted by Crippen LogP contribution is -2.03. The third-order valence-electron chi connectivity index (χ3n) is 2.02. The van der Waals surface area contributed by atoms with Crippen LogP contribution in [0.3, 0.4) is 0 Å². The van der Waals surface area contributed by atoms with Crippen molar-refractivity contribution in [1.82, 2.24) is 0 Å². The maximum Gasteiger partial charge on any atom is 0.255 e. The van der Waals surface area contributed by atoms with Gasteiger partial charge in [-0.25, -0.2) is 8.78 Å². The molecule has 1 aromatic rings. The Kier molecular flexibility index (Phi) is 4.80. The molecule has 6 heteroatoms. The molecule has 0 spiro atoms. The zero-order valence-corrected chi connectivity index (χ0v) is 11.0. The van der Waals surface area contributed by atoms with Gasteiger partial charge in [-0.05, 0) is 11.6 Å². The minimum Gasteiger partial charge on any atom is -0.493 e. The summed E-state index contributed by atoms with van der Waals surface area (Å²) in [4.78, 5) is -1.13. The molecule has 90 valence electrons.